The lowest BCUT2D eigenvalue weighted by molar-refractivity contribution is 0.622. The molecule has 22 heavy (non-hydrogen) atoms. The second kappa shape index (κ2) is 5.00. The number of pyridine rings is 2. The summed E-state index contributed by atoms with van der Waals surface area (Å²) in [6.07, 6.45) is 9.64. The highest BCUT2D eigenvalue weighted by Gasteiger charge is 2.11. The average Bonchev–Trinajstić information content (AvgIpc) is 2.99. The molecule has 6 heteroatoms. The van der Waals surface area contributed by atoms with Crippen molar-refractivity contribution in [3.8, 4) is 22.4 Å². The molecule has 0 spiro atoms. The van der Waals surface area contributed by atoms with E-state index in [2.05, 4.69) is 24.9 Å². The van der Waals surface area contributed by atoms with Crippen molar-refractivity contribution in [2.45, 2.75) is 0 Å². The Balaban J connectivity index is 1.91. The standard InChI is InChI=1S/C16H10FN5/c17-12-5-11(6-19-7-12)13-8-20-16-15(13)22-14(9-21-16)10-1-3-18-4-2-10/h1-9H,(H,20,21). The van der Waals surface area contributed by atoms with E-state index in [1.807, 2.05) is 12.1 Å². The summed E-state index contributed by atoms with van der Waals surface area (Å²) in [5.74, 6) is -0.384. The van der Waals surface area contributed by atoms with Crippen molar-refractivity contribution in [2.24, 2.45) is 0 Å². The largest absolute Gasteiger partial charge is 0.344 e. The first-order valence-electron chi connectivity index (χ1n) is 6.67. The van der Waals surface area contributed by atoms with Crippen LogP contribution < -0.4 is 0 Å². The molecule has 0 aliphatic rings. The topological polar surface area (TPSA) is 67.3 Å². The van der Waals surface area contributed by atoms with E-state index in [4.69, 9.17) is 0 Å². The van der Waals surface area contributed by atoms with Gasteiger partial charge in [-0.15, -0.1) is 0 Å². The van der Waals surface area contributed by atoms with Crippen molar-refractivity contribution in [1.29, 1.82) is 0 Å². The monoisotopic (exact) mass is 291 g/mol. The van der Waals surface area contributed by atoms with Crippen molar-refractivity contribution in [2.75, 3.05) is 0 Å². The van der Waals surface area contributed by atoms with Gasteiger partial charge in [-0.2, -0.15) is 0 Å². The molecule has 0 saturated carbocycles. The van der Waals surface area contributed by atoms with Gasteiger partial charge in [-0.25, -0.2) is 14.4 Å². The smallest absolute Gasteiger partial charge is 0.156 e. The van der Waals surface area contributed by atoms with Gasteiger partial charge in [0.05, 0.1) is 18.1 Å². The Hall–Kier alpha value is -3.15. The average molecular weight is 291 g/mol. The van der Waals surface area contributed by atoms with Gasteiger partial charge in [0.25, 0.3) is 0 Å². The molecule has 4 aromatic rings. The van der Waals surface area contributed by atoms with Gasteiger partial charge in [0.2, 0.25) is 0 Å². The number of halogens is 1. The van der Waals surface area contributed by atoms with Gasteiger partial charge < -0.3 is 4.98 Å². The second-order valence-corrected chi connectivity index (χ2v) is 4.78. The highest BCUT2D eigenvalue weighted by molar-refractivity contribution is 5.91. The van der Waals surface area contributed by atoms with Gasteiger partial charge in [0, 0.05) is 41.5 Å². The summed E-state index contributed by atoms with van der Waals surface area (Å²) in [5, 5.41) is 0. The third-order valence-corrected chi connectivity index (χ3v) is 3.37. The molecule has 0 bridgehead atoms. The summed E-state index contributed by atoms with van der Waals surface area (Å²) in [4.78, 5) is 19.9. The SMILES string of the molecule is Fc1cncc(-c2c[nH]c3ncc(-c4ccncc4)nc23)c1. The first kappa shape index (κ1) is 12.6. The molecule has 106 valence electrons. The van der Waals surface area contributed by atoms with Crippen LogP contribution in [-0.2, 0) is 0 Å². The third kappa shape index (κ3) is 2.10. The molecule has 5 nitrogen and oxygen atoms in total. The Labute approximate surface area is 124 Å². The Morgan fingerprint density at radius 3 is 2.64 bits per heavy atom. The second-order valence-electron chi connectivity index (χ2n) is 4.78. The Kier molecular flexibility index (Phi) is 2.86. The summed E-state index contributed by atoms with van der Waals surface area (Å²) >= 11 is 0. The lowest BCUT2D eigenvalue weighted by Crippen LogP contribution is -1.89. The summed E-state index contributed by atoms with van der Waals surface area (Å²) in [6.45, 7) is 0. The summed E-state index contributed by atoms with van der Waals surface area (Å²) in [7, 11) is 0. The van der Waals surface area contributed by atoms with Gasteiger partial charge in [-0.3, -0.25) is 9.97 Å². The molecule has 0 amide bonds. The van der Waals surface area contributed by atoms with Crippen LogP contribution in [0.5, 0.6) is 0 Å². The number of rotatable bonds is 2. The minimum absolute atomic E-state index is 0.384. The first-order valence-corrected chi connectivity index (χ1v) is 6.67. The van der Waals surface area contributed by atoms with Crippen LogP contribution in [0.2, 0.25) is 0 Å². The van der Waals surface area contributed by atoms with Crippen LogP contribution in [0.4, 0.5) is 4.39 Å². The van der Waals surface area contributed by atoms with Crippen LogP contribution in [0, 0.1) is 5.82 Å². The Bertz CT molecular complexity index is 949. The van der Waals surface area contributed by atoms with E-state index >= 15 is 0 Å². The fourth-order valence-corrected chi connectivity index (χ4v) is 2.33. The van der Waals surface area contributed by atoms with Crippen LogP contribution in [0.25, 0.3) is 33.5 Å². The molecule has 0 aliphatic heterocycles. The maximum Gasteiger partial charge on any atom is 0.156 e. The zero-order valence-corrected chi connectivity index (χ0v) is 11.4. The first-order chi connectivity index (χ1) is 10.8. The van der Waals surface area contributed by atoms with Crippen LogP contribution >= 0.6 is 0 Å². The summed E-state index contributed by atoms with van der Waals surface area (Å²) in [5.41, 5.74) is 4.42. The molecule has 0 fully saturated rings. The van der Waals surface area contributed by atoms with Crippen molar-refractivity contribution >= 4 is 11.2 Å². The van der Waals surface area contributed by atoms with E-state index in [1.165, 1.54) is 12.3 Å². The molecular formula is C16H10FN5. The quantitative estimate of drug-likeness (QED) is 0.615. The fourth-order valence-electron chi connectivity index (χ4n) is 2.33. The normalized spacial score (nSPS) is 11.0. The van der Waals surface area contributed by atoms with E-state index in [-0.39, 0.29) is 5.82 Å². The van der Waals surface area contributed by atoms with Crippen LogP contribution in [0.15, 0.2) is 55.4 Å². The van der Waals surface area contributed by atoms with Crippen molar-refractivity contribution in [1.82, 2.24) is 24.9 Å². The van der Waals surface area contributed by atoms with Crippen molar-refractivity contribution in [3.63, 3.8) is 0 Å². The minimum atomic E-state index is -0.384. The zero-order chi connectivity index (χ0) is 14.9. The predicted molar refractivity (Wildman–Crippen MR) is 80.3 cm³/mol. The Morgan fingerprint density at radius 2 is 1.82 bits per heavy atom. The highest BCUT2D eigenvalue weighted by Crippen LogP contribution is 2.28. The van der Waals surface area contributed by atoms with Crippen molar-refractivity contribution in [3.05, 3.63) is 61.2 Å². The molecule has 0 radical (unpaired) electrons. The number of hydrogen-bond acceptors (Lipinski definition) is 4. The number of aromatic amines is 1. The predicted octanol–water partition coefficient (Wildman–Crippen LogP) is 3.22. The van der Waals surface area contributed by atoms with E-state index in [1.54, 1.807) is 31.0 Å². The van der Waals surface area contributed by atoms with Crippen LogP contribution in [-0.4, -0.2) is 24.9 Å². The number of H-pyrrole nitrogens is 1. The molecule has 4 rings (SSSR count). The summed E-state index contributed by atoms with van der Waals surface area (Å²) in [6, 6.07) is 5.16. The number of nitrogens with one attached hydrogen (secondary N) is 1. The van der Waals surface area contributed by atoms with Crippen LogP contribution in [0.1, 0.15) is 0 Å². The van der Waals surface area contributed by atoms with E-state index in [9.17, 15) is 4.39 Å². The molecule has 4 heterocycles. The number of nitrogens with zero attached hydrogens (tertiary/aromatic N) is 4. The fraction of sp³-hybridized carbons (Fsp3) is 0. The number of aromatic nitrogens is 5. The molecule has 4 aromatic heterocycles. The van der Waals surface area contributed by atoms with Crippen molar-refractivity contribution < 1.29 is 4.39 Å². The van der Waals surface area contributed by atoms with Gasteiger partial charge in [0.15, 0.2) is 5.65 Å². The lowest BCUT2D eigenvalue weighted by Gasteiger charge is -2.02. The molecule has 1 N–H and O–H groups in total. The van der Waals surface area contributed by atoms with Gasteiger partial charge in [0.1, 0.15) is 11.3 Å². The van der Waals surface area contributed by atoms with Gasteiger partial charge in [-0.05, 0) is 18.2 Å². The van der Waals surface area contributed by atoms with Crippen LogP contribution in [0.3, 0.4) is 0 Å². The number of fused-ring (bicyclic) bond motifs is 1. The molecule has 0 aliphatic carbocycles. The van der Waals surface area contributed by atoms with E-state index < -0.39 is 0 Å². The maximum absolute atomic E-state index is 13.4. The molecule has 0 aromatic carbocycles. The maximum atomic E-state index is 13.4. The molecule has 0 atom stereocenters. The van der Waals surface area contributed by atoms with E-state index in [0.717, 1.165) is 16.8 Å². The Morgan fingerprint density at radius 1 is 0.955 bits per heavy atom. The van der Waals surface area contributed by atoms with Gasteiger partial charge in [-0.1, -0.05) is 0 Å². The lowest BCUT2D eigenvalue weighted by atomic mass is 10.1. The van der Waals surface area contributed by atoms with Gasteiger partial charge >= 0.3 is 0 Å². The van der Waals surface area contributed by atoms with E-state index in [0.29, 0.717) is 16.7 Å². The minimum Gasteiger partial charge on any atom is -0.344 e. The third-order valence-electron chi connectivity index (χ3n) is 3.37. The molecule has 0 saturated heterocycles. The summed E-state index contributed by atoms with van der Waals surface area (Å²) < 4.78 is 13.4. The molecule has 0 unspecified atom stereocenters. The number of hydrogen-bond donors (Lipinski definition) is 1. The highest BCUT2D eigenvalue weighted by atomic mass is 19.1. The zero-order valence-electron chi connectivity index (χ0n) is 11.4. The molecular weight excluding hydrogens is 281 g/mol.